The summed E-state index contributed by atoms with van der Waals surface area (Å²) in [6.07, 6.45) is 2.28. The lowest BCUT2D eigenvalue weighted by Gasteiger charge is -2.19. The highest BCUT2D eigenvalue weighted by atomic mass is 16.2. The molecule has 0 radical (unpaired) electrons. The highest BCUT2D eigenvalue weighted by molar-refractivity contribution is 5.74. The molecule has 112 valence electrons. The predicted octanol–water partition coefficient (Wildman–Crippen LogP) is 3.93. The molecule has 2 amide bonds. The van der Waals surface area contributed by atoms with E-state index in [1.807, 2.05) is 18.7 Å². The van der Waals surface area contributed by atoms with Crippen LogP contribution in [0.25, 0.3) is 0 Å². The second-order valence-corrected chi connectivity index (χ2v) is 5.19. The van der Waals surface area contributed by atoms with Gasteiger partial charge in [0.1, 0.15) is 0 Å². The van der Waals surface area contributed by atoms with Crippen molar-refractivity contribution >= 4 is 6.03 Å². The van der Waals surface area contributed by atoms with Gasteiger partial charge in [0, 0.05) is 19.6 Å². The zero-order valence-electron chi connectivity index (χ0n) is 13.3. The third-order valence-electron chi connectivity index (χ3n) is 3.60. The van der Waals surface area contributed by atoms with Crippen molar-refractivity contribution in [2.24, 2.45) is 0 Å². The van der Waals surface area contributed by atoms with Crippen LogP contribution in [0.1, 0.15) is 50.7 Å². The van der Waals surface area contributed by atoms with Crippen molar-refractivity contribution in [3.63, 3.8) is 0 Å². The van der Waals surface area contributed by atoms with E-state index in [1.165, 1.54) is 11.1 Å². The first-order valence-electron chi connectivity index (χ1n) is 7.76. The second-order valence-electron chi connectivity index (χ2n) is 5.19. The Hall–Kier alpha value is -1.51. The summed E-state index contributed by atoms with van der Waals surface area (Å²) in [5.41, 5.74) is 2.55. The van der Waals surface area contributed by atoms with Crippen molar-refractivity contribution in [1.82, 2.24) is 10.2 Å². The Balaban J connectivity index is 0.000000956. The zero-order valence-corrected chi connectivity index (χ0v) is 13.3. The van der Waals surface area contributed by atoms with Gasteiger partial charge in [-0.15, -0.1) is 0 Å². The molecule has 1 aliphatic heterocycles. The largest absolute Gasteiger partial charge is 0.337 e. The minimum absolute atomic E-state index is 0.0893. The molecule has 1 aliphatic rings. The molecule has 0 aliphatic carbocycles. The molecule has 3 nitrogen and oxygen atoms in total. The maximum absolute atomic E-state index is 11.9. The van der Waals surface area contributed by atoms with Gasteiger partial charge < -0.3 is 10.2 Å². The molecule has 0 bridgehead atoms. The molecule has 1 saturated heterocycles. The number of urea groups is 1. The van der Waals surface area contributed by atoms with E-state index >= 15 is 0 Å². The predicted molar refractivity (Wildman–Crippen MR) is 85.1 cm³/mol. The summed E-state index contributed by atoms with van der Waals surface area (Å²) in [5, 5.41) is 3.02. The van der Waals surface area contributed by atoms with Gasteiger partial charge in [0.05, 0.1) is 0 Å². The average molecular weight is 276 g/mol. The quantitative estimate of drug-likeness (QED) is 0.891. The molecule has 20 heavy (non-hydrogen) atoms. The first-order chi connectivity index (χ1) is 9.66. The van der Waals surface area contributed by atoms with Crippen molar-refractivity contribution in [2.45, 2.75) is 46.5 Å². The van der Waals surface area contributed by atoms with Crippen LogP contribution >= 0.6 is 0 Å². The molecule has 1 unspecified atom stereocenters. The maximum atomic E-state index is 11.9. The van der Waals surface area contributed by atoms with Crippen LogP contribution in [0.4, 0.5) is 4.79 Å². The number of hydrogen-bond acceptors (Lipinski definition) is 1. The molecule has 2 rings (SSSR count). The van der Waals surface area contributed by atoms with Gasteiger partial charge in [0.2, 0.25) is 0 Å². The number of amides is 2. The Morgan fingerprint density at radius 3 is 2.30 bits per heavy atom. The Morgan fingerprint density at radius 1 is 1.20 bits per heavy atom. The van der Waals surface area contributed by atoms with Gasteiger partial charge in [-0.1, -0.05) is 50.6 Å². The van der Waals surface area contributed by atoms with E-state index in [0.717, 1.165) is 25.9 Å². The van der Waals surface area contributed by atoms with E-state index in [-0.39, 0.29) is 6.03 Å². The van der Waals surface area contributed by atoms with Crippen LogP contribution in [-0.4, -0.2) is 30.6 Å². The van der Waals surface area contributed by atoms with Crippen molar-refractivity contribution in [2.75, 3.05) is 19.6 Å². The fourth-order valence-electron chi connectivity index (χ4n) is 2.29. The lowest BCUT2D eigenvalue weighted by atomic mass is 10.0. The number of rotatable bonds is 3. The highest BCUT2D eigenvalue weighted by Gasteiger charge is 2.18. The number of likely N-dealkylation sites (tertiary alicyclic amines) is 1. The van der Waals surface area contributed by atoms with Crippen molar-refractivity contribution < 1.29 is 4.79 Å². The van der Waals surface area contributed by atoms with Crippen molar-refractivity contribution in [3.8, 4) is 0 Å². The lowest BCUT2D eigenvalue weighted by molar-refractivity contribution is 0.208. The minimum atomic E-state index is 0.0893. The Kier molecular flexibility index (Phi) is 7.13. The normalized spacial score (nSPS) is 15.3. The van der Waals surface area contributed by atoms with Gasteiger partial charge >= 0.3 is 6.03 Å². The van der Waals surface area contributed by atoms with Crippen LogP contribution in [0.3, 0.4) is 0 Å². The first kappa shape index (κ1) is 16.5. The number of aryl methyl sites for hydroxylation is 1. The molecule has 0 aromatic heterocycles. The molecule has 1 aromatic carbocycles. The topological polar surface area (TPSA) is 32.3 Å². The van der Waals surface area contributed by atoms with Crippen LogP contribution in [0.5, 0.6) is 0 Å². The highest BCUT2D eigenvalue weighted by Crippen LogP contribution is 2.15. The molecular formula is C17H28N2O. The zero-order chi connectivity index (χ0) is 15.0. The van der Waals surface area contributed by atoms with E-state index in [9.17, 15) is 4.79 Å². The van der Waals surface area contributed by atoms with Gasteiger partial charge in [0.25, 0.3) is 0 Å². The standard InChI is InChI=1S/C15H22N2O.C2H6/c1-12-5-7-14(8-6-12)13(2)11-16-15(18)17-9-3-4-10-17;1-2/h5-8,13H,3-4,9-11H2,1-2H3,(H,16,18);1-2H3. The van der Waals surface area contributed by atoms with E-state index in [4.69, 9.17) is 0 Å². The monoisotopic (exact) mass is 276 g/mol. The van der Waals surface area contributed by atoms with E-state index in [0.29, 0.717) is 12.5 Å². The van der Waals surface area contributed by atoms with Gasteiger partial charge in [-0.25, -0.2) is 4.79 Å². The van der Waals surface area contributed by atoms with Gasteiger partial charge in [0.15, 0.2) is 0 Å². The summed E-state index contributed by atoms with van der Waals surface area (Å²) in [5.74, 6) is 0.358. The van der Waals surface area contributed by atoms with Crippen molar-refractivity contribution in [3.05, 3.63) is 35.4 Å². The molecular weight excluding hydrogens is 248 g/mol. The molecule has 1 N–H and O–H groups in total. The van der Waals surface area contributed by atoms with E-state index in [1.54, 1.807) is 0 Å². The molecule has 1 heterocycles. The average Bonchev–Trinajstić information content (AvgIpc) is 3.01. The molecule has 1 aromatic rings. The summed E-state index contributed by atoms with van der Waals surface area (Å²) in [7, 11) is 0. The van der Waals surface area contributed by atoms with Crippen LogP contribution in [0.2, 0.25) is 0 Å². The fraction of sp³-hybridized carbons (Fsp3) is 0.588. The molecule has 3 heteroatoms. The first-order valence-corrected chi connectivity index (χ1v) is 7.76. The van der Waals surface area contributed by atoms with Crippen LogP contribution in [-0.2, 0) is 0 Å². The third kappa shape index (κ3) is 4.87. The summed E-state index contributed by atoms with van der Waals surface area (Å²) in [6.45, 7) is 10.8. The Labute approximate surface area is 123 Å². The summed E-state index contributed by atoms with van der Waals surface area (Å²) in [4.78, 5) is 13.8. The van der Waals surface area contributed by atoms with Gasteiger partial charge in [-0.3, -0.25) is 0 Å². The smallest absolute Gasteiger partial charge is 0.317 e. The van der Waals surface area contributed by atoms with Crippen LogP contribution in [0, 0.1) is 6.92 Å². The SMILES string of the molecule is CC.Cc1ccc(C(C)CNC(=O)N2CCCC2)cc1. The number of benzene rings is 1. The molecule has 0 spiro atoms. The third-order valence-corrected chi connectivity index (χ3v) is 3.60. The summed E-state index contributed by atoms with van der Waals surface area (Å²) in [6, 6.07) is 8.61. The minimum Gasteiger partial charge on any atom is -0.337 e. The van der Waals surface area contributed by atoms with E-state index in [2.05, 4.69) is 43.4 Å². The number of nitrogens with one attached hydrogen (secondary N) is 1. The summed E-state index contributed by atoms with van der Waals surface area (Å²) >= 11 is 0. The number of carbonyl (C=O) groups is 1. The molecule has 1 atom stereocenters. The van der Waals surface area contributed by atoms with E-state index < -0.39 is 0 Å². The van der Waals surface area contributed by atoms with Gasteiger partial charge in [-0.05, 0) is 31.2 Å². The lowest BCUT2D eigenvalue weighted by Crippen LogP contribution is -2.39. The van der Waals surface area contributed by atoms with Crippen molar-refractivity contribution in [1.29, 1.82) is 0 Å². The number of carbonyl (C=O) groups excluding carboxylic acids is 1. The summed E-state index contributed by atoms with van der Waals surface area (Å²) < 4.78 is 0. The fourth-order valence-corrected chi connectivity index (χ4v) is 2.29. The van der Waals surface area contributed by atoms with Crippen LogP contribution < -0.4 is 5.32 Å². The molecule has 0 saturated carbocycles. The molecule has 1 fully saturated rings. The number of nitrogens with zero attached hydrogens (tertiary/aromatic N) is 1. The Morgan fingerprint density at radius 2 is 1.75 bits per heavy atom. The number of hydrogen-bond donors (Lipinski definition) is 1. The maximum Gasteiger partial charge on any atom is 0.317 e. The second kappa shape index (κ2) is 8.62. The van der Waals surface area contributed by atoms with Crippen LogP contribution in [0.15, 0.2) is 24.3 Å². The Bertz CT molecular complexity index is 394. The van der Waals surface area contributed by atoms with Gasteiger partial charge in [-0.2, -0.15) is 0 Å².